The molecule has 0 heterocycles. The van der Waals surface area contributed by atoms with Gasteiger partial charge in [-0.05, 0) is 47.4 Å². The van der Waals surface area contributed by atoms with Gasteiger partial charge in [0.1, 0.15) is 5.75 Å². The third kappa shape index (κ3) is 4.89. The maximum atomic E-state index is 12.1. The molecular weight excluding hydrogens is 298 g/mol. The molecule has 0 atom stereocenters. The van der Waals surface area contributed by atoms with E-state index in [-0.39, 0.29) is 11.3 Å². The van der Waals surface area contributed by atoms with Crippen molar-refractivity contribution in [2.24, 2.45) is 0 Å². The number of methoxy groups -OCH3 is 1. The van der Waals surface area contributed by atoms with Gasteiger partial charge in [-0.3, -0.25) is 4.79 Å². The van der Waals surface area contributed by atoms with Crippen LogP contribution in [0.25, 0.3) is 0 Å². The van der Waals surface area contributed by atoms with Crippen LogP contribution in [0.1, 0.15) is 42.3 Å². The average Bonchev–Trinajstić information content (AvgIpc) is 2.58. The highest BCUT2D eigenvalue weighted by atomic mass is 16.5. The topological polar surface area (TPSA) is 38.3 Å². The van der Waals surface area contributed by atoms with Crippen LogP contribution in [-0.2, 0) is 5.41 Å². The van der Waals surface area contributed by atoms with E-state index >= 15 is 0 Å². The highest BCUT2D eigenvalue weighted by Crippen LogP contribution is 2.22. The number of ether oxygens (including phenoxy) is 1. The van der Waals surface area contributed by atoms with Crippen LogP contribution in [-0.4, -0.2) is 19.6 Å². The molecule has 0 saturated heterocycles. The second-order valence-electron chi connectivity index (χ2n) is 6.54. The lowest BCUT2D eigenvalue weighted by atomic mass is 9.87. The quantitative estimate of drug-likeness (QED) is 0.874. The van der Waals surface area contributed by atoms with Gasteiger partial charge in [0.05, 0.1) is 13.7 Å². The van der Waals surface area contributed by atoms with E-state index in [9.17, 15) is 4.79 Å². The number of benzene rings is 2. The molecule has 0 bridgehead atoms. The van der Waals surface area contributed by atoms with E-state index in [1.807, 2.05) is 48.5 Å². The van der Waals surface area contributed by atoms with Gasteiger partial charge in [0, 0.05) is 11.1 Å². The van der Waals surface area contributed by atoms with Crippen molar-refractivity contribution in [3.8, 4) is 17.6 Å². The predicted octanol–water partition coefficient (Wildman–Crippen LogP) is 3.77. The van der Waals surface area contributed by atoms with Gasteiger partial charge in [-0.15, -0.1) is 0 Å². The van der Waals surface area contributed by atoms with Crippen LogP contribution >= 0.6 is 0 Å². The zero-order valence-electron chi connectivity index (χ0n) is 14.6. The van der Waals surface area contributed by atoms with Crippen molar-refractivity contribution in [1.29, 1.82) is 0 Å². The molecule has 0 radical (unpaired) electrons. The molecule has 0 aliphatic rings. The molecule has 1 N–H and O–H groups in total. The monoisotopic (exact) mass is 321 g/mol. The fraction of sp³-hybridized carbons (Fsp3) is 0.286. The Balaban J connectivity index is 1.90. The molecule has 124 valence electrons. The first-order chi connectivity index (χ1) is 11.4. The number of amides is 1. The summed E-state index contributed by atoms with van der Waals surface area (Å²) in [5, 5.41) is 2.81. The van der Waals surface area contributed by atoms with E-state index in [0.29, 0.717) is 12.1 Å². The van der Waals surface area contributed by atoms with Gasteiger partial charge in [-0.25, -0.2) is 0 Å². The Morgan fingerprint density at radius 1 is 1.04 bits per heavy atom. The summed E-state index contributed by atoms with van der Waals surface area (Å²) >= 11 is 0. The average molecular weight is 321 g/mol. The molecule has 0 aromatic heterocycles. The Hall–Kier alpha value is -2.73. The highest BCUT2D eigenvalue weighted by molar-refractivity contribution is 5.94. The Kier molecular flexibility index (Phi) is 5.65. The van der Waals surface area contributed by atoms with Crippen molar-refractivity contribution >= 4 is 5.91 Å². The maximum Gasteiger partial charge on any atom is 0.252 e. The van der Waals surface area contributed by atoms with Gasteiger partial charge in [0.25, 0.3) is 5.91 Å². The molecule has 2 rings (SSSR count). The van der Waals surface area contributed by atoms with Crippen LogP contribution in [0, 0.1) is 11.8 Å². The van der Waals surface area contributed by atoms with Crippen molar-refractivity contribution in [2.75, 3.05) is 13.7 Å². The van der Waals surface area contributed by atoms with E-state index in [4.69, 9.17) is 4.74 Å². The van der Waals surface area contributed by atoms with E-state index in [0.717, 1.165) is 11.3 Å². The lowest BCUT2D eigenvalue weighted by Crippen LogP contribution is -2.23. The molecule has 0 fully saturated rings. The summed E-state index contributed by atoms with van der Waals surface area (Å²) in [5.41, 5.74) is 2.82. The number of carbonyl (C=O) groups excluding carboxylic acids is 1. The summed E-state index contributed by atoms with van der Waals surface area (Å²) in [5.74, 6) is 6.65. The standard InChI is InChI=1S/C21H23NO2/c1-21(2,3)18-11-9-17(10-12-18)20(23)22-15-5-6-16-7-13-19(24-4)14-8-16/h7-14H,15H2,1-4H3,(H,22,23). The number of nitrogens with one attached hydrogen (secondary N) is 1. The van der Waals surface area contributed by atoms with E-state index in [1.165, 1.54) is 5.56 Å². The van der Waals surface area contributed by atoms with Gasteiger partial charge >= 0.3 is 0 Å². The second-order valence-corrected chi connectivity index (χ2v) is 6.54. The van der Waals surface area contributed by atoms with Crippen molar-refractivity contribution < 1.29 is 9.53 Å². The first kappa shape index (κ1) is 17.6. The van der Waals surface area contributed by atoms with Crippen LogP contribution in [0.5, 0.6) is 5.75 Å². The second kappa shape index (κ2) is 7.70. The molecule has 2 aromatic carbocycles. The molecule has 24 heavy (non-hydrogen) atoms. The lowest BCUT2D eigenvalue weighted by Gasteiger charge is -2.18. The van der Waals surface area contributed by atoms with E-state index in [1.54, 1.807) is 7.11 Å². The van der Waals surface area contributed by atoms with E-state index in [2.05, 4.69) is 37.9 Å². The number of hydrogen-bond donors (Lipinski definition) is 1. The highest BCUT2D eigenvalue weighted by Gasteiger charge is 2.13. The Bertz CT molecular complexity index is 742. The van der Waals surface area contributed by atoms with Crippen LogP contribution < -0.4 is 10.1 Å². The first-order valence-electron chi connectivity index (χ1n) is 7.92. The number of rotatable bonds is 3. The molecule has 2 aromatic rings. The summed E-state index contributed by atoms with van der Waals surface area (Å²) in [6, 6.07) is 15.2. The van der Waals surface area contributed by atoms with Gasteiger partial charge in [0.15, 0.2) is 0 Å². The summed E-state index contributed by atoms with van der Waals surface area (Å²) in [6.07, 6.45) is 0. The Labute approximate surface area is 144 Å². The Morgan fingerprint density at radius 3 is 2.21 bits per heavy atom. The molecule has 0 spiro atoms. The SMILES string of the molecule is COc1ccc(C#CCNC(=O)c2ccc(C(C)(C)C)cc2)cc1. The van der Waals surface area contributed by atoms with E-state index < -0.39 is 0 Å². The largest absolute Gasteiger partial charge is 0.497 e. The van der Waals surface area contributed by atoms with Crippen molar-refractivity contribution in [2.45, 2.75) is 26.2 Å². The lowest BCUT2D eigenvalue weighted by molar-refractivity contribution is 0.0958. The molecule has 0 saturated carbocycles. The van der Waals surface area contributed by atoms with Crippen molar-refractivity contribution in [1.82, 2.24) is 5.32 Å². The molecule has 0 aliphatic heterocycles. The zero-order valence-corrected chi connectivity index (χ0v) is 14.6. The van der Waals surface area contributed by atoms with Crippen LogP contribution in [0.4, 0.5) is 0 Å². The van der Waals surface area contributed by atoms with Gasteiger partial charge in [0.2, 0.25) is 0 Å². The van der Waals surface area contributed by atoms with Crippen molar-refractivity contribution in [3.63, 3.8) is 0 Å². The maximum absolute atomic E-state index is 12.1. The van der Waals surface area contributed by atoms with Gasteiger partial charge < -0.3 is 10.1 Å². The fourth-order valence-electron chi connectivity index (χ4n) is 2.17. The third-order valence-corrected chi connectivity index (χ3v) is 3.67. The van der Waals surface area contributed by atoms with Crippen LogP contribution in [0.2, 0.25) is 0 Å². The predicted molar refractivity (Wildman–Crippen MR) is 97.3 cm³/mol. The molecule has 0 aliphatic carbocycles. The minimum atomic E-state index is -0.112. The summed E-state index contributed by atoms with van der Waals surface area (Å²) in [6.45, 7) is 6.76. The molecule has 1 amide bonds. The van der Waals surface area contributed by atoms with Gasteiger partial charge in [-0.1, -0.05) is 44.7 Å². The van der Waals surface area contributed by atoms with Crippen molar-refractivity contribution in [3.05, 3.63) is 65.2 Å². The van der Waals surface area contributed by atoms with Gasteiger partial charge in [-0.2, -0.15) is 0 Å². The minimum Gasteiger partial charge on any atom is -0.497 e. The molecule has 0 unspecified atom stereocenters. The fourth-order valence-corrected chi connectivity index (χ4v) is 2.17. The molecule has 3 heteroatoms. The Morgan fingerprint density at radius 2 is 1.67 bits per heavy atom. The number of carbonyl (C=O) groups is 1. The molecule has 3 nitrogen and oxygen atoms in total. The summed E-state index contributed by atoms with van der Waals surface area (Å²) in [4.78, 5) is 12.1. The summed E-state index contributed by atoms with van der Waals surface area (Å²) in [7, 11) is 1.63. The molecular formula is C21H23NO2. The first-order valence-corrected chi connectivity index (χ1v) is 7.92. The normalized spacial score (nSPS) is 10.5. The van der Waals surface area contributed by atoms with Crippen LogP contribution in [0.15, 0.2) is 48.5 Å². The van der Waals surface area contributed by atoms with Crippen LogP contribution in [0.3, 0.4) is 0 Å². The summed E-state index contributed by atoms with van der Waals surface area (Å²) < 4.78 is 5.10. The minimum absolute atomic E-state index is 0.0822. The smallest absolute Gasteiger partial charge is 0.252 e. The third-order valence-electron chi connectivity index (χ3n) is 3.67. The zero-order chi connectivity index (χ0) is 17.6. The number of hydrogen-bond acceptors (Lipinski definition) is 2.